The molecule has 0 bridgehead atoms. The Morgan fingerprint density at radius 1 is 0.900 bits per heavy atom. The fourth-order valence-electron chi connectivity index (χ4n) is 1.66. The largest absolute Gasteiger partial charge is 0.416 e. The highest BCUT2D eigenvalue weighted by atomic mass is 19.4. The molecule has 0 radical (unpaired) electrons. The van der Waals surface area contributed by atoms with Crippen molar-refractivity contribution < 1.29 is 18.0 Å². The third kappa shape index (κ3) is 3.57. The van der Waals surface area contributed by atoms with Crippen molar-refractivity contribution in [2.24, 2.45) is 0 Å². The number of carbonyl (C=O) groups excluding carboxylic acids is 1. The second-order valence-electron chi connectivity index (χ2n) is 4.18. The quantitative estimate of drug-likeness (QED) is 0.591. The van der Waals surface area contributed by atoms with Crippen LogP contribution in [0.25, 0.3) is 6.08 Å². The van der Waals surface area contributed by atoms with Crippen molar-refractivity contribution in [3.05, 3.63) is 77.4 Å². The van der Waals surface area contributed by atoms with E-state index in [1.807, 2.05) is 30.3 Å². The Hall–Kier alpha value is -2.36. The SMILES string of the molecule is O=C(/C=C/c1ccccc1)c1ccc(C(F)(F)F)cc1. The fourth-order valence-corrected chi connectivity index (χ4v) is 1.66. The van der Waals surface area contributed by atoms with E-state index in [9.17, 15) is 18.0 Å². The van der Waals surface area contributed by atoms with Crippen molar-refractivity contribution in [3.8, 4) is 0 Å². The molecule has 2 aromatic rings. The van der Waals surface area contributed by atoms with Gasteiger partial charge in [-0.3, -0.25) is 4.79 Å². The second-order valence-corrected chi connectivity index (χ2v) is 4.18. The second kappa shape index (κ2) is 5.74. The highest BCUT2D eigenvalue weighted by molar-refractivity contribution is 6.06. The van der Waals surface area contributed by atoms with Crippen LogP contribution in [0.5, 0.6) is 0 Å². The summed E-state index contributed by atoms with van der Waals surface area (Å²) in [5, 5.41) is 0. The van der Waals surface area contributed by atoms with E-state index in [1.54, 1.807) is 6.08 Å². The fraction of sp³-hybridized carbons (Fsp3) is 0.0625. The molecular formula is C16H11F3O. The minimum absolute atomic E-state index is 0.227. The van der Waals surface area contributed by atoms with Crippen molar-refractivity contribution in [3.63, 3.8) is 0 Å². The van der Waals surface area contributed by atoms with Gasteiger partial charge in [-0.1, -0.05) is 48.5 Å². The summed E-state index contributed by atoms with van der Waals surface area (Å²) in [4.78, 5) is 11.8. The van der Waals surface area contributed by atoms with E-state index >= 15 is 0 Å². The van der Waals surface area contributed by atoms with Crippen molar-refractivity contribution in [1.29, 1.82) is 0 Å². The first kappa shape index (κ1) is 14.1. The molecule has 0 fully saturated rings. The monoisotopic (exact) mass is 276 g/mol. The summed E-state index contributed by atoms with van der Waals surface area (Å²) in [7, 11) is 0. The van der Waals surface area contributed by atoms with Crippen LogP contribution in [0.15, 0.2) is 60.7 Å². The molecule has 0 aliphatic carbocycles. The van der Waals surface area contributed by atoms with Gasteiger partial charge in [0.15, 0.2) is 5.78 Å². The molecule has 0 aliphatic rings. The summed E-state index contributed by atoms with van der Waals surface area (Å²) >= 11 is 0. The molecule has 0 atom stereocenters. The molecule has 0 heterocycles. The van der Waals surface area contributed by atoms with Crippen molar-refractivity contribution >= 4 is 11.9 Å². The third-order valence-electron chi connectivity index (χ3n) is 2.72. The van der Waals surface area contributed by atoms with Crippen molar-refractivity contribution in [2.75, 3.05) is 0 Å². The maximum Gasteiger partial charge on any atom is 0.416 e. The van der Waals surface area contributed by atoms with Crippen molar-refractivity contribution in [2.45, 2.75) is 6.18 Å². The summed E-state index contributed by atoms with van der Waals surface area (Å²) < 4.78 is 37.2. The molecule has 0 saturated carbocycles. The van der Waals surface area contributed by atoms with Crippen molar-refractivity contribution in [1.82, 2.24) is 0 Å². The average molecular weight is 276 g/mol. The van der Waals surface area contributed by atoms with Gasteiger partial charge < -0.3 is 0 Å². The molecule has 0 aromatic heterocycles. The van der Waals surface area contributed by atoms with E-state index in [-0.39, 0.29) is 11.3 Å². The lowest BCUT2D eigenvalue weighted by molar-refractivity contribution is -0.137. The summed E-state index contributed by atoms with van der Waals surface area (Å²) in [6, 6.07) is 13.4. The molecule has 20 heavy (non-hydrogen) atoms. The van der Waals surface area contributed by atoms with E-state index in [2.05, 4.69) is 0 Å². The van der Waals surface area contributed by atoms with Gasteiger partial charge in [-0.05, 0) is 23.8 Å². The minimum Gasteiger partial charge on any atom is -0.289 e. The maximum atomic E-state index is 12.4. The molecule has 102 valence electrons. The van der Waals surface area contributed by atoms with Crippen LogP contribution in [0, 0.1) is 0 Å². The zero-order valence-electron chi connectivity index (χ0n) is 10.4. The van der Waals surface area contributed by atoms with Crippen LogP contribution in [0.3, 0.4) is 0 Å². The Bertz CT molecular complexity index is 610. The summed E-state index contributed by atoms with van der Waals surface area (Å²) in [6.45, 7) is 0. The van der Waals surface area contributed by atoms with Crippen LogP contribution in [0.1, 0.15) is 21.5 Å². The maximum absolute atomic E-state index is 12.4. The summed E-state index contributed by atoms with van der Waals surface area (Å²) in [6.07, 6.45) is -1.42. The van der Waals surface area contributed by atoms with Gasteiger partial charge in [-0.15, -0.1) is 0 Å². The standard InChI is InChI=1S/C16H11F3O/c17-16(18,19)14-9-7-13(8-10-14)15(20)11-6-12-4-2-1-3-5-12/h1-11H/b11-6+. The lowest BCUT2D eigenvalue weighted by atomic mass is 10.1. The van der Waals surface area contributed by atoms with E-state index < -0.39 is 11.7 Å². The van der Waals surface area contributed by atoms with Gasteiger partial charge in [0.05, 0.1) is 5.56 Å². The predicted octanol–water partition coefficient (Wildman–Crippen LogP) is 4.60. The van der Waals surface area contributed by atoms with E-state index in [1.165, 1.54) is 18.2 Å². The number of halogens is 3. The Morgan fingerprint density at radius 3 is 2.05 bits per heavy atom. The molecule has 4 heteroatoms. The Labute approximate surface area is 114 Å². The molecular weight excluding hydrogens is 265 g/mol. The topological polar surface area (TPSA) is 17.1 Å². The number of alkyl halides is 3. The van der Waals surface area contributed by atoms with Gasteiger partial charge in [0.1, 0.15) is 0 Å². The van der Waals surface area contributed by atoms with Gasteiger partial charge in [0.2, 0.25) is 0 Å². The van der Waals surface area contributed by atoms with E-state index in [4.69, 9.17) is 0 Å². The lowest BCUT2D eigenvalue weighted by Crippen LogP contribution is -2.05. The van der Waals surface area contributed by atoms with Gasteiger partial charge >= 0.3 is 6.18 Å². The van der Waals surface area contributed by atoms with E-state index in [0.717, 1.165) is 17.7 Å². The van der Waals surface area contributed by atoms with Crippen LogP contribution in [0.4, 0.5) is 13.2 Å². The summed E-state index contributed by atoms with van der Waals surface area (Å²) in [5.41, 5.74) is 0.319. The highest BCUT2D eigenvalue weighted by Gasteiger charge is 2.30. The number of hydrogen-bond donors (Lipinski definition) is 0. The van der Waals surface area contributed by atoms with Gasteiger partial charge in [-0.25, -0.2) is 0 Å². The van der Waals surface area contributed by atoms with Crippen LogP contribution in [-0.2, 0) is 6.18 Å². The normalized spacial score (nSPS) is 11.8. The molecule has 0 unspecified atom stereocenters. The highest BCUT2D eigenvalue weighted by Crippen LogP contribution is 2.29. The molecule has 0 amide bonds. The van der Waals surface area contributed by atoms with Gasteiger partial charge in [-0.2, -0.15) is 13.2 Å². The summed E-state index contributed by atoms with van der Waals surface area (Å²) in [5.74, 6) is -0.331. The molecule has 2 aromatic carbocycles. The first-order chi connectivity index (χ1) is 9.47. The van der Waals surface area contributed by atoms with Crippen LogP contribution in [-0.4, -0.2) is 5.78 Å². The Kier molecular flexibility index (Phi) is 4.03. The van der Waals surface area contributed by atoms with Crippen LogP contribution in [0.2, 0.25) is 0 Å². The van der Waals surface area contributed by atoms with Gasteiger partial charge in [0, 0.05) is 5.56 Å². The predicted molar refractivity (Wildman–Crippen MR) is 71.3 cm³/mol. The Morgan fingerprint density at radius 2 is 1.50 bits per heavy atom. The molecule has 1 nitrogen and oxygen atoms in total. The number of hydrogen-bond acceptors (Lipinski definition) is 1. The molecule has 2 rings (SSSR count). The number of ketones is 1. The van der Waals surface area contributed by atoms with Gasteiger partial charge in [0.25, 0.3) is 0 Å². The first-order valence-electron chi connectivity index (χ1n) is 5.91. The number of carbonyl (C=O) groups is 1. The zero-order valence-corrected chi connectivity index (χ0v) is 10.4. The first-order valence-corrected chi connectivity index (χ1v) is 5.91. The zero-order chi connectivity index (χ0) is 14.6. The third-order valence-corrected chi connectivity index (χ3v) is 2.72. The molecule has 0 saturated heterocycles. The average Bonchev–Trinajstić information content (AvgIpc) is 2.45. The lowest BCUT2D eigenvalue weighted by Gasteiger charge is -2.06. The number of allylic oxidation sites excluding steroid dienone is 1. The number of rotatable bonds is 3. The smallest absolute Gasteiger partial charge is 0.289 e. The minimum atomic E-state index is -4.39. The molecule has 0 spiro atoms. The Balaban J connectivity index is 2.12. The van der Waals surface area contributed by atoms with E-state index in [0.29, 0.717) is 0 Å². The van der Waals surface area contributed by atoms with Crippen LogP contribution >= 0.6 is 0 Å². The molecule has 0 aliphatic heterocycles. The van der Waals surface area contributed by atoms with Crippen LogP contribution < -0.4 is 0 Å². The number of benzene rings is 2. The molecule has 0 N–H and O–H groups in total.